The first-order valence-electron chi connectivity index (χ1n) is 6.38. The van der Waals surface area contributed by atoms with Crippen molar-refractivity contribution in [1.29, 1.82) is 0 Å². The zero-order valence-electron chi connectivity index (χ0n) is 10.7. The zero-order chi connectivity index (χ0) is 14.2. The van der Waals surface area contributed by atoms with Crippen molar-refractivity contribution >= 4 is 42.5 Å². The fourth-order valence-electron chi connectivity index (χ4n) is 2.44. The van der Waals surface area contributed by atoms with Crippen LogP contribution in [0, 0.1) is 5.92 Å². The van der Waals surface area contributed by atoms with E-state index in [2.05, 4.69) is 31.2 Å². The van der Waals surface area contributed by atoms with Crippen molar-refractivity contribution in [2.45, 2.75) is 6.42 Å². The second-order valence-electron chi connectivity index (χ2n) is 5.03. The lowest BCUT2D eigenvalue weighted by molar-refractivity contribution is 0.596. The van der Waals surface area contributed by atoms with Crippen LogP contribution in [-0.4, -0.2) is 36.4 Å². The second kappa shape index (κ2) is 5.29. The van der Waals surface area contributed by atoms with Crippen LogP contribution in [0.4, 0.5) is 5.69 Å². The van der Waals surface area contributed by atoms with E-state index in [9.17, 15) is 8.42 Å². The van der Waals surface area contributed by atoms with Crippen LogP contribution in [0.15, 0.2) is 29.0 Å². The molecule has 20 heavy (non-hydrogen) atoms. The van der Waals surface area contributed by atoms with E-state index in [0.717, 1.165) is 27.6 Å². The fraction of sp³-hybridized carbons (Fsp3) is 0.385. The fourth-order valence-corrected chi connectivity index (χ4v) is 4.62. The van der Waals surface area contributed by atoms with Gasteiger partial charge >= 0.3 is 0 Å². The van der Waals surface area contributed by atoms with Crippen LogP contribution in [0.3, 0.4) is 0 Å². The number of halogens is 1. The molecule has 0 saturated carbocycles. The summed E-state index contributed by atoms with van der Waals surface area (Å²) in [6.45, 7) is 0.649. The molecule has 106 valence electrons. The SMILES string of the molecule is O=S1(=O)CCC(CNc2ccnc3cc(Br)cnc23)C1. The Hall–Kier alpha value is -1.21. The van der Waals surface area contributed by atoms with Crippen molar-refractivity contribution in [2.24, 2.45) is 5.92 Å². The van der Waals surface area contributed by atoms with Crippen molar-refractivity contribution in [2.75, 3.05) is 23.4 Å². The van der Waals surface area contributed by atoms with E-state index < -0.39 is 9.84 Å². The summed E-state index contributed by atoms with van der Waals surface area (Å²) in [4.78, 5) is 8.64. The normalized spacial score (nSPS) is 21.1. The number of fused-ring (bicyclic) bond motifs is 1. The number of hydrogen-bond donors (Lipinski definition) is 1. The third-order valence-corrected chi connectivity index (χ3v) is 5.72. The Morgan fingerprint density at radius 2 is 2.25 bits per heavy atom. The van der Waals surface area contributed by atoms with Crippen LogP contribution in [0.25, 0.3) is 11.0 Å². The molecule has 1 saturated heterocycles. The third kappa shape index (κ3) is 2.93. The van der Waals surface area contributed by atoms with Gasteiger partial charge in [0.1, 0.15) is 5.52 Å². The maximum atomic E-state index is 11.4. The zero-order valence-corrected chi connectivity index (χ0v) is 13.1. The Balaban J connectivity index is 1.78. The van der Waals surface area contributed by atoms with Gasteiger partial charge in [-0.2, -0.15) is 0 Å². The summed E-state index contributed by atoms with van der Waals surface area (Å²) in [5, 5.41) is 3.30. The third-order valence-electron chi connectivity index (χ3n) is 3.45. The van der Waals surface area contributed by atoms with Gasteiger partial charge in [0, 0.05) is 23.4 Å². The molecule has 1 atom stereocenters. The van der Waals surface area contributed by atoms with Crippen LogP contribution in [0.1, 0.15) is 6.42 Å². The van der Waals surface area contributed by atoms with Crippen molar-refractivity contribution in [3.05, 3.63) is 29.0 Å². The monoisotopic (exact) mass is 355 g/mol. The summed E-state index contributed by atoms with van der Waals surface area (Å²) >= 11 is 3.37. The molecule has 5 nitrogen and oxygen atoms in total. The van der Waals surface area contributed by atoms with Gasteiger partial charge in [-0.1, -0.05) is 0 Å². The maximum absolute atomic E-state index is 11.4. The van der Waals surface area contributed by atoms with Crippen LogP contribution in [-0.2, 0) is 9.84 Å². The highest BCUT2D eigenvalue weighted by molar-refractivity contribution is 9.10. The van der Waals surface area contributed by atoms with E-state index in [1.807, 2.05) is 12.1 Å². The molecule has 3 rings (SSSR count). The molecule has 1 fully saturated rings. The highest BCUT2D eigenvalue weighted by atomic mass is 79.9. The number of pyridine rings is 2. The Morgan fingerprint density at radius 3 is 3.00 bits per heavy atom. The molecular formula is C13H14BrN3O2S. The Kier molecular flexibility index (Phi) is 3.64. The summed E-state index contributed by atoms with van der Waals surface area (Å²) in [6.07, 6.45) is 4.19. The molecule has 1 aliphatic rings. The smallest absolute Gasteiger partial charge is 0.150 e. The highest BCUT2D eigenvalue weighted by Gasteiger charge is 2.27. The quantitative estimate of drug-likeness (QED) is 0.913. The van der Waals surface area contributed by atoms with Crippen LogP contribution < -0.4 is 5.32 Å². The molecule has 0 radical (unpaired) electrons. The highest BCUT2D eigenvalue weighted by Crippen LogP contribution is 2.24. The van der Waals surface area contributed by atoms with Gasteiger partial charge < -0.3 is 5.32 Å². The van der Waals surface area contributed by atoms with E-state index in [1.54, 1.807) is 12.4 Å². The first-order chi connectivity index (χ1) is 9.53. The number of sulfone groups is 1. The molecule has 0 bridgehead atoms. The van der Waals surface area contributed by atoms with Crippen molar-refractivity contribution < 1.29 is 8.42 Å². The Morgan fingerprint density at radius 1 is 1.40 bits per heavy atom. The summed E-state index contributed by atoms with van der Waals surface area (Å²) in [7, 11) is -2.82. The molecule has 1 unspecified atom stereocenters. The molecule has 7 heteroatoms. The molecule has 0 amide bonds. The minimum absolute atomic E-state index is 0.179. The van der Waals surface area contributed by atoms with Crippen LogP contribution in [0.2, 0.25) is 0 Å². The maximum Gasteiger partial charge on any atom is 0.150 e. The summed E-state index contributed by atoms with van der Waals surface area (Å²) in [5.41, 5.74) is 2.51. The first kappa shape index (κ1) is 13.8. The average molecular weight is 356 g/mol. The van der Waals surface area contributed by atoms with E-state index in [-0.39, 0.29) is 11.7 Å². The predicted molar refractivity (Wildman–Crippen MR) is 82.5 cm³/mol. The van der Waals surface area contributed by atoms with Gasteiger partial charge in [0.2, 0.25) is 0 Å². The molecule has 3 heterocycles. The number of rotatable bonds is 3. The van der Waals surface area contributed by atoms with Gasteiger partial charge in [-0.25, -0.2) is 8.42 Å². The van der Waals surface area contributed by atoms with E-state index >= 15 is 0 Å². The molecule has 0 aromatic carbocycles. The Bertz CT molecular complexity index is 748. The van der Waals surface area contributed by atoms with Gasteiger partial charge in [-0.3, -0.25) is 9.97 Å². The molecule has 1 aliphatic heterocycles. The number of aromatic nitrogens is 2. The number of hydrogen-bond acceptors (Lipinski definition) is 5. The van der Waals surface area contributed by atoms with Gasteiger partial charge in [-0.15, -0.1) is 0 Å². The first-order valence-corrected chi connectivity index (χ1v) is 8.99. The summed E-state index contributed by atoms with van der Waals surface area (Å²) < 4.78 is 23.8. The molecule has 0 aliphatic carbocycles. The topological polar surface area (TPSA) is 72.0 Å². The lowest BCUT2D eigenvalue weighted by Crippen LogP contribution is -2.16. The van der Waals surface area contributed by atoms with Crippen molar-refractivity contribution in [1.82, 2.24) is 9.97 Å². The standard InChI is InChI=1S/C13H14BrN3O2S/c14-10-5-12-13(17-7-10)11(1-3-15-12)16-6-9-2-4-20(18,19)8-9/h1,3,5,7,9H,2,4,6,8H2,(H,15,16). The Labute approximate surface area is 125 Å². The predicted octanol–water partition coefficient (Wildman–Crippen LogP) is 2.24. The van der Waals surface area contributed by atoms with Crippen molar-refractivity contribution in [3.8, 4) is 0 Å². The molecule has 0 spiro atoms. The van der Waals surface area contributed by atoms with Crippen molar-refractivity contribution in [3.63, 3.8) is 0 Å². The van der Waals surface area contributed by atoms with E-state index in [4.69, 9.17) is 0 Å². The minimum atomic E-state index is -2.82. The number of anilines is 1. The summed E-state index contributed by atoms with van der Waals surface area (Å²) in [6, 6.07) is 3.78. The van der Waals surface area contributed by atoms with Crippen LogP contribution >= 0.6 is 15.9 Å². The van der Waals surface area contributed by atoms with Gasteiger partial charge in [-0.05, 0) is 40.4 Å². The average Bonchev–Trinajstić information content (AvgIpc) is 2.75. The van der Waals surface area contributed by atoms with Gasteiger partial charge in [0.15, 0.2) is 9.84 Å². The number of nitrogens with one attached hydrogen (secondary N) is 1. The number of nitrogens with zero attached hydrogens (tertiary/aromatic N) is 2. The molecule has 2 aromatic heterocycles. The second-order valence-corrected chi connectivity index (χ2v) is 8.17. The van der Waals surface area contributed by atoms with E-state index in [0.29, 0.717) is 12.3 Å². The molecule has 2 aromatic rings. The summed E-state index contributed by atoms with van der Waals surface area (Å²) in [5.74, 6) is 0.766. The van der Waals surface area contributed by atoms with Crippen LogP contribution in [0.5, 0.6) is 0 Å². The van der Waals surface area contributed by atoms with Gasteiger partial charge in [0.25, 0.3) is 0 Å². The molecule has 1 N–H and O–H groups in total. The van der Waals surface area contributed by atoms with E-state index in [1.165, 1.54) is 0 Å². The minimum Gasteiger partial charge on any atom is -0.383 e. The largest absolute Gasteiger partial charge is 0.383 e. The lowest BCUT2D eigenvalue weighted by Gasteiger charge is -2.12. The van der Waals surface area contributed by atoms with Gasteiger partial charge in [0.05, 0.1) is 22.7 Å². The molecular weight excluding hydrogens is 342 g/mol. The lowest BCUT2D eigenvalue weighted by atomic mass is 10.1.